The molecule has 1 saturated heterocycles. The first-order chi connectivity index (χ1) is 10.8. The molecule has 2 unspecified atom stereocenters. The minimum atomic E-state index is 0.162. The van der Waals surface area contributed by atoms with E-state index in [-0.39, 0.29) is 5.41 Å². The predicted molar refractivity (Wildman–Crippen MR) is 98.2 cm³/mol. The number of ether oxygens (including phenoxy) is 1. The number of nitrogens with zero attached hydrogens (tertiary/aromatic N) is 2. The zero-order valence-electron chi connectivity index (χ0n) is 15.4. The van der Waals surface area contributed by atoms with Gasteiger partial charge in [-0.3, -0.25) is 4.90 Å². The number of unbranched alkanes of at least 4 members (excludes halogenated alkanes) is 1. The van der Waals surface area contributed by atoms with Crippen molar-refractivity contribution in [2.45, 2.75) is 71.6 Å². The molecule has 0 saturated carbocycles. The summed E-state index contributed by atoms with van der Waals surface area (Å²) in [4.78, 5) is 8.42. The molecule has 0 aliphatic carbocycles. The Kier molecular flexibility index (Phi) is 7.01. The lowest BCUT2D eigenvalue weighted by atomic mass is 9.98. The van der Waals surface area contributed by atoms with Crippen LogP contribution in [-0.2, 0) is 16.7 Å². The average molecular weight is 340 g/mol. The molecule has 4 nitrogen and oxygen atoms in total. The molecule has 23 heavy (non-hydrogen) atoms. The van der Waals surface area contributed by atoms with E-state index in [0.29, 0.717) is 12.2 Å². The molecule has 0 spiro atoms. The van der Waals surface area contributed by atoms with E-state index >= 15 is 0 Å². The van der Waals surface area contributed by atoms with E-state index in [4.69, 9.17) is 4.74 Å². The van der Waals surface area contributed by atoms with Crippen LogP contribution in [0, 0.1) is 0 Å². The number of aromatic nitrogens is 1. The first-order valence-electron chi connectivity index (χ1n) is 8.88. The third kappa shape index (κ3) is 6.49. The first-order valence-corrected chi connectivity index (χ1v) is 9.70. The van der Waals surface area contributed by atoms with Crippen LogP contribution in [0.15, 0.2) is 6.20 Å². The van der Waals surface area contributed by atoms with E-state index in [9.17, 15) is 0 Å². The molecule has 1 aromatic rings. The van der Waals surface area contributed by atoms with Gasteiger partial charge < -0.3 is 10.1 Å². The molecule has 132 valence electrons. The Morgan fingerprint density at radius 1 is 1.26 bits per heavy atom. The van der Waals surface area contributed by atoms with E-state index in [1.54, 1.807) is 0 Å². The third-order valence-electron chi connectivity index (χ3n) is 4.07. The molecule has 0 bridgehead atoms. The summed E-state index contributed by atoms with van der Waals surface area (Å²) in [6.45, 7) is 16.4. The number of hydrogen-bond donors (Lipinski definition) is 1. The fourth-order valence-electron chi connectivity index (χ4n) is 3.00. The van der Waals surface area contributed by atoms with Crippen molar-refractivity contribution in [3.63, 3.8) is 0 Å². The highest BCUT2D eigenvalue weighted by Gasteiger charge is 2.21. The maximum Gasteiger partial charge on any atom is 0.0981 e. The van der Waals surface area contributed by atoms with Gasteiger partial charge in [0.2, 0.25) is 0 Å². The van der Waals surface area contributed by atoms with Gasteiger partial charge in [0.15, 0.2) is 0 Å². The fourth-order valence-corrected chi connectivity index (χ4v) is 3.94. The molecule has 1 aliphatic heterocycles. The first kappa shape index (κ1) is 18.8. The second kappa shape index (κ2) is 8.56. The predicted octanol–water partition coefficient (Wildman–Crippen LogP) is 3.42. The summed E-state index contributed by atoms with van der Waals surface area (Å²) in [5.41, 5.74) is 0.162. The highest BCUT2D eigenvalue weighted by atomic mass is 32.1. The number of nitrogens with one attached hydrogen (secondary N) is 1. The molecule has 0 amide bonds. The van der Waals surface area contributed by atoms with E-state index in [1.165, 1.54) is 29.3 Å². The Labute approximate surface area is 145 Å². The normalized spacial score (nSPS) is 23.3. The maximum absolute atomic E-state index is 5.78. The molecular weight excluding hydrogens is 306 g/mol. The number of rotatable bonds is 7. The van der Waals surface area contributed by atoms with Crippen molar-refractivity contribution in [1.82, 2.24) is 15.2 Å². The Morgan fingerprint density at radius 2 is 1.96 bits per heavy atom. The van der Waals surface area contributed by atoms with Crippen molar-refractivity contribution in [3.05, 3.63) is 16.1 Å². The van der Waals surface area contributed by atoms with Crippen LogP contribution in [0.5, 0.6) is 0 Å². The largest absolute Gasteiger partial charge is 0.373 e. The van der Waals surface area contributed by atoms with Gasteiger partial charge in [-0.15, -0.1) is 11.3 Å². The van der Waals surface area contributed by atoms with Crippen LogP contribution in [0.3, 0.4) is 0 Å². The van der Waals surface area contributed by atoms with Gasteiger partial charge in [0.25, 0.3) is 0 Å². The second-order valence-corrected chi connectivity index (χ2v) is 8.90. The lowest BCUT2D eigenvalue weighted by molar-refractivity contribution is -0.0681. The van der Waals surface area contributed by atoms with Gasteiger partial charge in [0, 0.05) is 36.1 Å². The van der Waals surface area contributed by atoms with Crippen LogP contribution in [0.4, 0.5) is 0 Å². The summed E-state index contributed by atoms with van der Waals surface area (Å²) in [5.74, 6) is 0. The third-order valence-corrected chi connectivity index (χ3v) is 5.49. The summed E-state index contributed by atoms with van der Waals surface area (Å²) in [6.07, 6.45) is 5.25. The Morgan fingerprint density at radius 3 is 2.57 bits per heavy atom. The number of hydrogen-bond acceptors (Lipinski definition) is 5. The minimum absolute atomic E-state index is 0.162. The summed E-state index contributed by atoms with van der Waals surface area (Å²) in [7, 11) is 0. The minimum Gasteiger partial charge on any atom is -0.373 e. The summed E-state index contributed by atoms with van der Waals surface area (Å²) in [6, 6.07) is 0. The van der Waals surface area contributed by atoms with Crippen LogP contribution in [-0.4, -0.2) is 48.3 Å². The van der Waals surface area contributed by atoms with Crippen LogP contribution in [0.1, 0.15) is 57.3 Å². The van der Waals surface area contributed by atoms with Crippen molar-refractivity contribution in [3.8, 4) is 0 Å². The van der Waals surface area contributed by atoms with E-state index in [1.807, 2.05) is 17.5 Å². The molecule has 2 atom stereocenters. The highest BCUT2D eigenvalue weighted by Crippen LogP contribution is 2.26. The standard InChI is InChI=1S/C18H33N3OS/c1-14-12-21(13-15(2)22-14)9-7-6-8-19-10-16-11-20-17(23-16)18(3,4)5/h11,14-15,19H,6-10,12-13H2,1-5H3. The molecule has 0 aromatic carbocycles. The molecular formula is C18H33N3OS. The fraction of sp³-hybridized carbons (Fsp3) is 0.833. The maximum atomic E-state index is 5.78. The molecule has 1 aliphatic rings. The average Bonchev–Trinajstić information content (AvgIpc) is 2.90. The van der Waals surface area contributed by atoms with Gasteiger partial charge in [-0.05, 0) is 39.8 Å². The second-order valence-electron chi connectivity index (χ2n) is 7.78. The number of morpholine rings is 1. The van der Waals surface area contributed by atoms with Gasteiger partial charge in [0.05, 0.1) is 17.2 Å². The lowest BCUT2D eigenvalue weighted by Crippen LogP contribution is -2.45. The molecule has 1 N–H and O–H groups in total. The lowest BCUT2D eigenvalue weighted by Gasteiger charge is -2.35. The van der Waals surface area contributed by atoms with Gasteiger partial charge in [-0.1, -0.05) is 20.8 Å². The highest BCUT2D eigenvalue weighted by molar-refractivity contribution is 7.11. The van der Waals surface area contributed by atoms with E-state index in [0.717, 1.165) is 26.2 Å². The van der Waals surface area contributed by atoms with Crippen LogP contribution in [0.25, 0.3) is 0 Å². The zero-order valence-corrected chi connectivity index (χ0v) is 16.2. The monoisotopic (exact) mass is 339 g/mol. The molecule has 0 radical (unpaired) electrons. The zero-order chi connectivity index (χ0) is 16.9. The summed E-state index contributed by atoms with van der Waals surface area (Å²) < 4.78 is 5.78. The molecule has 2 heterocycles. The molecule has 1 fully saturated rings. The smallest absolute Gasteiger partial charge is 0.0981 e. The Bertz CT molecular complexity index is 459. The SMILES string of the molecule is CC1CN(CCCCNCc2cnc(C(C)(C)C)s2)CC(C)O1. The molecule has 2 rings (SSSR count). The van der Waals surface area contributed by atoms with E-state index < -0.39 is 0 Å². The topological polar surface area (TPSA) is 37.4 Å². The summed E-state index contributed by atoms with van der Waals surface area (Å²) >= 11 is 1.83. The van der Waals surface area contributed by atoms with Crippen molar-refractivity contribution in [2.24, 2.45) is 0 Å². The number of thiazole rings is 1. The van der Waals surface area contributed by atoms with Crippen LogP contribution in [0.2, 0.25) is 0 Å². The van der Waals surface area contributed by atoms with E-state index in [2.05, 4.69) is 49.8 Å². The molecule has 5 heteroatoms. The van der Waals surface area contributed by atoms with Crippen LogP contribution >= 0.6 is 11.3 Å². The van der Waals surface area contributed by atoms with Gasteiger partial charge in [-0.25, -0.2) is 4.98 Å². The Hall–Kier alpha value is -0.490. The van der Waals surface area contributed by atoms with Gasteiger partial charge in [-0.2, -0.15) is 0 Å². The van der Waals surface area contributed by atoms with Crippen LogP contribution < -0.4 is 5.32 Å². The van der Waals surface area contributed by atoms with Crippen molar-refractivity contribution >= 4 is 11.3 Å². The molecule has 1 aromatic heterocycles. The van der Waals surface area contributed by atoms with Crippen molar-refractivity contribution in [1.29, 1.82) is 0 Å². The summed E-state index contributed by atoms with van der Waals surface area (Å²) in [5, 5.41) is 4.78. The van der Waals surface area contributed by atoms with Crippen molar-refractivity contribution < 1.29 is 4.74 Å². The Balaban J connectivity index is 1.57. The van der Waals surface area contributed by atoms with Crippen molar-refractivity contribution in [2.75, 3.05) is 26.2 Å². The quantitative estimate of drug-likeness (QED) is 0.773. The van der Waals surface area contributed by atoms with Gasteiger partial charge >= 0.3 is 0 Å². The van der Waals surface area contributed by atoms with Gasteiger partial charge in [0.1, 0.15) is 0 Å².